The van der Waals surface area contributed by atoms with E-state index in [0.717, 1.165) is 0 Å². The third kappa shape index (κ3) is 1.82. The maximum Gasteiger partial charge on any atom is 0.0525 e. The second-order valence-corrected chi connectivity index (χ2v) is 4.23. The van der Waals surface area contributed by atoms with Gasteiger partial charge >= 0.3 is 0 Å². The summed E-state index contributed by atoms with van der Waals surface area (Å²) in [4.78, 5) is 0. The van der Waals surface area contributed by atoms with Crippen molar-refractivity contribution < 1.29 is 0 Å². The summed E-state index contributed by atoms with van der Waals surface area (Å²) in [7, 11) is 4.06. The Balaban J connectivity index is 2.14. The average molecular weight is 193 g/mol. The molecule has 1 heterocycles. The lowest BCUT2D eigenvalue weighted by atomic mass is 9.81. The van der Waals surface area contributed by atoms with Crippen molar-refractivity contribution >= 4 is 0 Å². The minimum Gasteiger partial charge on any atom is -0.316 e. The number of nitrogens with zero attached hydrogens (tertiary/aromatic N) is 2. The molecule has 2 atom stereocenters. The molecule has 0 amide bonds. The molecule has 0 aromatic carbocycles. The Morgan fingerprint density at radius 3 is 2.86 bits per heavy atom. The fraction of sp³-hybridized carbons (Fsp3) is 0.727. The molecule has 0 saturated heterocycles. The van der Waals surface area contributed by atoms with Crippen molar-refractivity contribution in [1.82, 2.24) is 15.1 Å². The zero-order chi connectivity index (χ0) is 9.97. The lowest BCUT2D eigenvalue weighted by Gasteiger charge is -2.30. The number of nitrogens with one attached hydrogen (secondary N) is 1. The van der Waals surface area contributed by atoms with Crippen molar-refractivity contribution in [1.29, 1.82) is 0 Å². The molecular formula is C11H19N3. The molecule has 3 heteroatoms. The molecule has 2 rings (SSSR count). The Hall–Kier alpha value is -0.830. The van der Waals surface area contributed by atoms with Crippen molar-refractivity contribution in [2.45, 2.75) is 37.6 Å². The van der Waals surface area contributed by atoms with Gasteiger partial charge in [-0.15, -0.1) is 0 Å². The molecule has 0 aliphatic heterocycles. The van der Waals surface area contributed by atoms with Crippen molar-refractivity contribution in [3.8, 4) is 0 Å². The van der Waals surface area contributed by atoms with Gasteiger partial charge in [0, 0.05) is 25.2 Å². The lowest BCUT2D eigenvalue weighted by Crippen LogP contribution is -2.34. The molecule has 0 bridgehead atoms. The predicted molar refractivity (Wildman–Crippen MR) is 57.3 cm³/mol. The third-order valence-electron chi connectivity index (χ3n) is 3.29. The maximum atomic E-state index is 4.25. The van der Waals surface area contributed by atoms with Crippen molar-refractivity contribution in [3.05, 3.63) is 18.0 Å². The van der Waals surface area contributed by atoms with Gasteiger partial charge < -0.3 is 5.32 Å². The van der Waals surface area contributed by atoms with Crippen LogP contribution in [0, 0.1) is 0 Å². The first-order chi connectivity index (χ1) is 6.81. The number of hydrogen-bond acceptors (Lipinski definition) is 2. The molecule has 1 N–H and O–H groups in total. The zero-order valence-corrected chi connectivity index (χ0v) is 9.03. The Labute approximate surface area is 85.5 Å². The van der Waals surface area contributed by atoms with Crippen molar-refractivity contribution in [2.24, 2.45) is 7.05 Å². The highest BCUT2D eigenvalue weighted by Crippen LogP contribution is 2.32. The lowest BCUT2D eigenvalue weighted by molar-refractivity contribution is 0.344. The van der Waals surface area contributed by atoms with Crippen molar-refractivity contribution in [2.75, 3.05) is 7.05 Å². The Kier molecular flexibility index (Phi) is 2.87. The van der Waals surface area contributed by atoms with Gasteiger partial charge in [0.05, 0.1) is 6.20 Å². The van der Waals surface area contributed by atoms with Crippen molar-refractivity contribution in [3.63, 3.8) is 0 Å². The number of aryl methyl sites for hydroxylation is 1. The highest BCUT2D eigenvalue weighted by atomic mass is 15.2. The van der Waals surface area contributed by atoms with Gasteiger partial charge in [0.2, 0.25) is 0 Å². The normalized spacial score (nSPS) is 27.9. The zero-order valence-electron chi connectivity index (χ0n) is 9.03. The van der Waals surface area contributed by atoms with Crippen LogP contribution >= 0.6 is 0 Å². The molecule has 1 aliphatic carbocycles. The summed E-state index contributed by atoms with van der Waals surface area (Å²) < 4.78 is 1.90. The Morgan fingerprint density at radius 2 is 2.21 bits per heavy atom. The van der Waals surface area contributed by atoms with Gasteiger partial charge in [-0.05, 0) is 25.5 Å². The largest absolute Gasteiger partial charge is 0.316 e. The molecule has 1 aromatic heterocycles. The van der Waals surface area contributed by atoms with Crippen LogP contribution in [-0.4, -0.2) is 22.9 Å². The number of hydrogen-bond donors (Lipinski definition) is 1. The summed E-state index contributed by atoms with van der Waals surface area (Å²) in [6.07, 6.45) is 9.49. The molecule has 1 aliphatic rings. The van der Waals surface area contributed by atoms with Gasteiger partial charge in [-0.1, -0.05) is 12.8 Å². The maximum absolute atomic E-state index is 4.25. The summed E-state index contributed by atoms with van der Waals surface area (Å²) >= 11 is 0. The topological polar surface area (TPSA) is 29.9 Å². The van der Waals surface area contributed by atoms with Crippen LogP contribution in [-0.2, 0) is 7.05 Å². The highest BCUT2D eigenvalue weighted by Gasteiger charge is 2.25. The molecule has 1 aromatic rings. The standard InChI is InChI=1S/C11H19N3/c1-12-11-6-4-3-5-10(11)9-7-13-14(2)8-9/h7-8,10-12H,3-6H2,1-2H3. The second-order valence-electron chi connectivity index (χ2n) is 4.23. The number of aromatic nitrogens is 2. The molecule has 0 radical (unpaired) electrons. The van der Waals surface area contributed by atoms with E-state index in [1.807, 2.05) is 17.9 Å². The molecule has 3 nitrogen and oxygen atoms in total. The first kappa shape index (κ1) is 9.71. The Morgan fingerprint density at radius 1 is 1.43 bits per heavy atom. The van der Waals surface area contributed by atoms with E-state index in [-0.39, 0.29) is 0 Å². The summed E-state index contributed by atoms with van der Waals surface area (Å²) in [6, 6.07) is 0.646. The summed E-state index contributed by atoms with van der Waals surface area (Å²) in [5.41, 5.74) is 1.39. The smallest absolute Gasteiger partial charge is 0.0525 e. The van der Waals surface area contributed by atoms with Crippen LogP contribution in [0.15, 0.2) is 12.4 Å². The van der Waals surface area contributed by atoms with E-state index in [9.17, 15) is 0 Å². The number of rotatable bonds is 2. The van der Waals surface area contributed by atoms with Crippen LogP contribution in [0.25, 0.3) is 0 Å². The molecular weight excluding hydrogens is 174 g/mol. The van der Waals surface area contributed by atoms with Gasteiger partial charge in [-0.25, -0.2) is 0 Å². The average Bonchev–Trinajstić information content (AvgIpc) is 2.65. The van der Waals surface area contributed by atoms with E-state index >= 15 is 0 Å². The van der Waals surface area contributed by atoms with Crippen LogP contribution in [0.2, 0.25) is 0 Å². The van der Waals surface area contributed by atoms with Gasteiger partial charge in [0.1, 0.15) is 0 Å². The van der Waals surface area contributed by atoms with Crippen LogP contribution in [0.5, 0.6) is 0 Å². The fourth-order valence-corrected chi connectivity index (χ4v) is 2.51. The highest BCUT2D eigenvalue weighted by molar-refractivity contribution is 5.15. The molecule has 0 spiro atoms. The molecule has 2 unspecified atom stereocenters. The molecule has 1 fully saturated rings. The summed E-state index contributed by atoms with van der Waals surface area (Å²) in [6.45, 7) is 0. The monoisotopic (exact) mass is 193 g/mol. The quantitative estimate of drug-likeness (QED) is 0.774. The van der Waals surface area contributed by atoms with Gasteiger partial charge in [-0.2, -0.15) is 5.10 Å². The van der Waals surface area contributed by atoms with Gasteiger partial charge in [0.25, 0.3) is 0 Å². The second kappa shape index (κ2) is 4.13. The van der Waals surface area contributed by atoms with Crippen LogP contribution in [0.3, 0.4) is 0 Å². The number of likely N-dealkylation sites (N-methyl/N-ethyl adjacent to an activating group) is 1. The summed E-state index contributed by atoms with van der Waals surface area (Å²) in [5, 5.41) is 7.67. The molecule has 1 saturated carbocycles. The predicted octanol–water partition coefficient (Wildman–Crippen LogP) is 1.67. The fourth-order valence-electron chi connectivity index (χ4n) is 2.51. The first-order valence-electron chi connectivity index (χ1n) is 5.47. The first-order valence-corrected chi connectivity index (χ1v) is 5.47. The van der Waals surface area contributed by atoms with E-state index in [0.29, 0.717) is 12.0 Å². The minimum absolute atomic E-state index is 0.646. The SMILES string of the molecule is CNC1CCCCC1c1cnn(C)c1. The molecule has 14 heavy (non-hydrogen) atoms. The van der Waals surface area contributed by atoms with Gasteiger partial charge in [-0.3, -0.25) is 4.68 Å². The van der Waals surface area contributed by atoms with E-state index in [1.54, 1.807) is 0 Å². The minimum atomic E-state index is 0.646. The van der Waals surface area contributed by atoms with Crippen LogP contribution in [0.4, 0.5) is 0 Å². The van der Waals surface area contributed by atoms with Crippen LogP contribution in [0.1, 0.15) is 37.2 Å². The third-order valence-corrected chi connectivity index (χ3v) is 3.29. The Bertz CT molecular complexity index is 292. The van der Waals surface area contributed by atoms with Crippen LogP contribution < -0.4 is 5.32 Å². The van der Waals surface area contributed by atoms with Gasteiger partial charge in [0.15, 0.2) is 0 Å². The van der Waals surface area contributed by atoms with E-state index in [2.05, 4.69) is 23.7 Å². The summed E-state index contributed by atoms with van der Waals surface area (Å²) in [5.74, 6) is 0.669. The molecule has 78 valence electrons. The van der Waals surface area contributed by atoms with E-state index < -0.39 is 0 Å². The van der Waals surface area contributed by atoms with E-state index in [1.165, 1.54) is 31.2 Å². The van der Waals surface area contributed by atoms with E-state index in [4.69, 9.17) is 0 Å².